The molecule has 0 aromatic heterocycles. The van der Waals surface area contributed by atoms with Crippen LogP contribution in [-0.2, 0) is 19.9 Å². The predicted octanol–water partition coefficient (Wildman–Crippen LogP) is 3.75. The Morgan fingerprint density at radius 3 is 2.06 bits per heavy atom. The Morgan fingerprint density at radius 2 is 1.54 bits per heavy atom. The second kappa shape index (κ2) is 8.83. The van der Waals surface area contributed by atoms with Crippen LogP contribution in [0.2, 0.25) is 0 Å². The molecule has 6 rings (SSSR count). The summed E-state index contributed by atoms with van der Waals surface area (Å²) in [5.41, 5.74) is 2.30. The summed E-state index contributed by atoms with van der Waals surface area (Å²) in [5.74, 6) is -3.47. The highest BCUT2D eigenvalue weighted by molar-refractivity contribution is 5.98. The molecule has 0 saturated heterocycles. The lowest BCUT2D eigenvalue weighted by Gasteiger charge is -2.55. The van der Waals surface area contributed by atoms with Gasteiger partial charge in [0.05, 0.1) is 25.7 Å². The van der Waals surface area contributed by atoms with Gasteiger partial charge in [-0.05, 0) is 53.4 Å². The van der Waals surface area contributed by atoms with Crippen LogP contribution in [0.3, 0.4) is 0 Å². The van der Waals surface area contributed by atoms with E-state index >= 15 is 0 Å². The Labute approximate surface area is 203 Å². The average molecular weight is 474 g/mol. The molecule has 0 aliphatic heterocycles. The molecule has 7 heteroatoms. The van der Waals surface area contributed by atoms with Gasteiger partial charge in [-0.1, -0.05) is 48.5 Å². The zero-order chi connectivity index (χ0) is 24.7. The first-order valence-corrected chi connectivity index (χ1v) is 11.6. The van der Waals surface area contributed by atoms with Crippen molar-refractivity contribution in [1.29, 1.82) is 0 Å². The van der Waals surface area contributed by atoms with Crippen LogP contribution in [0.25, 0.3) is 0 Å². The van der Waals surface area contributed by atoms with Crippen LogP contribution >= 0.6 is 0 Å². The van der Waals surface area contributed by atoms with E-state index in [2.05, 4.69) is 5.32 Å². The molecule has 3 aromatic rings. The minimum Gasteiger partial charge on any atom is -0.497 e. The van der Waals surface area contributed by atoms with Crippen molar-refractivity contribution in [3.05, 3.63) is 95.1 Å². The number of nitrogens with one attached hydrogen (secondary N) is 1. The summed E-state index contributed by atoms with van der Waals surface area (Å²) < 4.78 is 11.6. The minimum absolute atomic E-state index is 0.0794. The quantitative estimate of drug-likeness (QED) is 0.483. The number of carboxylic acids is 1. The number of ether oxygens (including phenoxy) is 2. The number of carbonyl (C=O) groups is 2. The van der Waals surface area contributed by atoms with Crippen LogP contribution in [0.5, 0.6) is 5.75 Å². The van der Waals surface area contributed by atoms with E-state index in [9.17, 15) is 19.8 Å². The Morgan fingerprint density at radius 1 is 0.971 bits per heavy atom. The maximum atomic E-state index is 13.8. The van der Waals surface area contributed by atoms with Crippen molar-refractivity contribution in [2.75, 3.05) is 19.0 Å². The number of rotatable bonds is 7. The van der Waals surface area contributed by atoms with Gasteiger partial charge in [0.2, 0.25) is 5.91 Å². The molecule has 0 heterocycles. The summed E-state index contributed by atoms with van der Waals surface area (Å²) >= 11 is 0. The van der Waals surface area contributed by atoms with E-state index in [1.807, 2.05) is 48.5 Å². The Kier molecular flexibility index (Phi) is 5.83. The molecule has 180 valence electrons. The van der Waals surface area contributed by atoms with E-state index in [0.29, 0.717) is 11.4 Å². The van der Waals surface area contributed by atoms with Crippen LogP contribution in [-0.4, -0.2) is 41.9 Å². The summed E-state index contributed by atoms with van der Waals surface area (Å²) in [6.45, 7) is 1.51. The smallest absolute Gasteiger partial charge is 0.311 e. The normalized spacial score (nSPS) is 24.7. The first kappa shape index (κ1) is 23.1. The van der Waals surface area contributed by atoms with Crippen molar-refractivity contribution in [1.82, 2.24) is 0 Å². The number of hydrogen-bond acceptors (Lipinski definition) is 5. The molecule has 0 radical (unpaired) electrons. The van der Waals surface area contributed by atoms with E-state index in [-0.39, 0.29) is 6.61 Å². The second-order valence-electron chi connectivity index (χ2n) is 9.11. The molecule has 0 fully saturated rings. The Hall–Kier alpha value is -3.68. The summed E-state index contributed by atoms with van der Waals surface area (Å²) in [5, 5.41) is 23.5. The molecule has 3 N–H and O–H groups in total. The number of amides is 1. The number of carbonyl (C=O) groups excluding carboxylic acids is 1. The molecule has 3 aliphatic rings. The Balaban J connectivity index is 1.69. The molecule has 35 heavy (non-hydrogen) atoms. The topological polar surface area (TPSA) is 105 Å². The zero-order valence-corrected chi connectivity index (χ0v) is 19.5. The van der Waals surface area contributed by atoms with Gasteiger partial charge >= 0.3 is 5.97 Å². The third-order valence-electron chi connectivity index (χ3n) is 7.03. The Bertz CT molecular complexity index is 1220. The maximum Gasteiger partial charge on any atom is 0.311 e. The molecular formula is C28H27NO6. The van der Waals surface area contributed by atoms with E-state index in [1.54, 1.807) is 38.3 Å². The molecule has 3 aliphatic carbocycles. The van der Waals surface area contributed by atoms with E-state index in [0.717, 1.165) is 22.3 Å². The third-order valence-corrected chi connectivity index (χ3v) is 7.03. The summed E-state index contributed by atoms with van der Waals surface area (Å²) in [4.78, 5) is 26.7. The maximum absolute atomic E-state index is 13.8. The minimum atomic E-state index is -1.42. The van der Waals surface area contributed by atoms with Gasteiger partial charge in [-0.3, -0.25) is 9.59 Å². The number of carboxylic acid groups (broad SMARTS) is 1. The fourth-order valence-electron chi connectivity index (χ4n) is 5.72. The van der Waals surface area contributed by atoms with E-state index < -0.39 is 41.3 Å². The first-order valence-electron chi connectivity index (χ1n) is 11.6. The van der Waals surface area contributed by atoms with Gasteiger partial charge in [-0.25, -0.2) is 0 Å². The van der Waals surface area contributed by atoms with Crippen LogP contribution in [0, 0.1) is 11.8 Å². The number of methoxy groups -OCH3 is 1. The van der Waals surface area contributed by atoms with Crippen molar-refractivity contribution in [3.8, 4) is 5.75 Å². The predicted molar refractivity (Wildman–Crippen MR) is 129 cm³/mol. The highest BCUT2D eigenvalue weighted by atomic mass is 16.5. The lowest BCUT2D eigenvalue weighted by molar-refractivity contribution is -0.172. The molecule has 0 spiro atoms. The van der Waals surface area contributed by atoms with Crippen molar-refractivity contribution in [3.63, 3.8) is 0 Å². The van der Waals surface area contributed by atoms with Gasteiger partial charge in [-0.2, -0.15) is 0 Å². The fraction of sp³-hybridized carbons (Fsp3) is 0.286. The van der Waals surface area contributed by atoms with Crippen LogP contribution in [0.1, 0.15) is 35.1 Å². The molecular weight excluding hydrogens is 446 g/mol. The molecule has 3 atom stereocenters. The SMILES string of the molecule is COc1ccc(NC(=O)C2C3c4ccccc4C(OCC(C)O)(c4ccccc43)C2C(=O)O)cc1. The lowest BCUT2D eigenvalue weighted by Crippen LogP contribution is -2.59. The number of benzene rings is 3. The molecule has 3 unspecified atom stereocenters. The van der Waals surface area contributed by atoms with Gasteiger partial charge in [-0.15, -0.1) is 0 Å². The average Bonchev–Trinajstić information content (AvgIpc) is 2.87. The molecule has 0 saturated carbocycles. The third kappa shape index (κ3) is 3.59. The standard InChI is InChI=1S/C28H27NO6/c1-16(30)15-35-28-21-9-5-3-7-19(21)23(20-8-4-6-10-22(20)28)24(25(28)27(32)33)26(31)29-17-11-13-18(34-2)14-12-17/h3-14,16,23-25,30H,15H2,1-2H3,(H,29,31)(H,32,33). The van der Waals surface area contributed by atoms with Crippen molar-refractivity contribution in [2.45, 2.75) is 24.5 Å². The highest BCUT2D eigenvalue weighted by Gasteiger charge is 2.64. The van der Waals surface area contributed by atoms with Gasteiger partial charge in [0.25, 0.3) is 0 Å². The van der Waals surface area contributed by atoms with Crippen LogP contribution in [0.4, 0.5) is 5.69 Å². The second-order valence-corrected chi connectivity index (χ2v) is 9.11. The summed E-state index contributed by atoms with van der Waals surface area (Å²) in [7, 11) is 1.56. The number of aliphatic carboxylic acids is 1. The molecule has 7 nitrogen and oxygen atoms in total. The van der Waals surface area contributed by atoms with Gasteiger partial charge in [0.15, 0.2) is 0 Å². The highest BCUT2D eigenvalue weighted by Crippen LogP contribution is 2.62. The molecule has 1 amide bonds. The first-order chi connectivity index (χ1) is 16.9. The van der Waals surface area contributed by atoms with Gasteiger partial charge < -0.3 is 25.0 Å². The molecule has 3 aromatic carbocycles. The number of aliphatic hydroxyl groups excluding tert-OH is 1. The monoisotopic (exact) mass is 473 g/mol. The molecule has 2 bridgehead atoms. The van der Waals surface area contributed by atoms with E-state index in [4.69, 9.17) is 9.47 Å². The van der Waals surface area contributed by atoms with Crippen LogP contribution < -0.4 is 10.1 Å². The number of aliphatic hydroxyl groups is 1. The summed E-state index contributed by atoms with van der Waals surface area (Å²) in [6.07, 6.45) is -0.815. The van der Waals surface area contributed by atoms with Crippen molar-refractivity contribution in [2.24, 2.45) is 11.8 Å². The summed E-state index contributed by atoms with van der Waals surface area (Å²) in [6, 6.07) is 22.0. The zero-order valence-electron chi connectivity index (χ0n) is 19.5. The van der Waals surface area contributed by atoms with Gasteiger partial charge in [0, 0.05) is 11.6 Å². The lowest BCUT2D eigenvalue weighted by atomic mass is 9.51. The van der Waals surface area contributed by atoms with Gasteiger partial charge in [0.1, 0.15) is 17.3 Å². The largest absolute Gasteiger partial charge is 0.497 e. The van der Waals surface area contributed by atoms with Crippen molar-refractivity contribution >= 4 is 17.6 Å². The number of fused-ring (bicyclic) bond motifs is 1. The fourth-order valence-corrected chi connectivity index (χ4v) is 5.72. The van der Waals surface area contributed by atoms with Crippen LogP contribution in [0.15, 0.2) is 72.8 Å². The van der Waals surface area contributed by atoms with Crippen molar-refractivity contribution < 1.29 is 29.3 Å². The number of hydrogen-bond donors (Lipinski definition) is 3. The number of anilines is 1. The van der Waals surface area contributed by atoms with E-state index in [1.165, 1.54) is 0 Å².